The van der Waals surface area contributed by atoms with Crippen LogP contribution >= 0.6 is 11.6 Å². The minimum atomic E-state index is -0.803. The van der Waals surface area contributed by atoms with Gasteiger partial charge in [-0.05, 0) is 20.5 Å². The van der Waals surface area contributed by atoms with Crippen LogP contribution in [0.1, 0.15) is 6.42 Å². The molecule has 1 rings (SSSR count). The number of anilines is 1. The molecule has 1 unspecified atom stereocenters. The molecule has 1 aromatic rings. The molecule has 1 N–H and O–H groups in total. The van der Waals surface area contributed by atoms with E-state index in [2.05, 4.69) is 10.4 Å². The third-order valence-electron chi connectivity index (χ3n) is 2.67. The Morgan fingerprint density at radius 1 is 1.50 bits per heavy atom. The molecule has 114 valence electrons. The number of nitrogens with zero attached hydrogens (tertiary/aromatic N) is 3. The Morgan fingerprint density at radius 2 is 2.20 bits per heavy atom. The quantitative estimate of drug-likeness (QED) is 0.712. The second-order valence-electron chi connectivity index (χ2n) is 4.76. The van der Waals surface area contributed by atoms with Crippen LogP contribution in [0.25, 0.3) is 0 Å². The third-order valence-corrected chi connectivity index (χ3v) is 3.90. The zero-order valence-corrected chi connectivity index (χ0v) is 13.6. The molecule has 8 heteroatoms. The smallest absolute Gasteiger partial charge is 0.287 e. The molecule has 0 radical (unpaired) electrons. The van der Waals surface area contributed by atoms with Crippen molar-refractivity contribution >= 4 is 28.1 Å². The van der Waals surface area contributed by atoms with Gasteiger partial charge in [-0.3, -0.25) is 9.00 Å². The van der Waals surface area contributed by atoms with Crippen molar-refractivity contribution in [2.45, 2.75) is 13.0 Å². The van der Waals surface area contributed by atoms with E-state index in [4.69, 9.17) is 11.6 Å². The maximum atomic E-state index is 12.0. The largest absolute Gasteiger partial charge is 0.382 e. The highest BCUT2D eigenvalue weighted by Crippen LogP contribution is 2.14. The Balaban J connectivity index is 2.64. The Kier molecular flexibility index (Phi) is 7.18. The summed E-state index contributed by atoms with van der Waals surface area (Å²) in [6.45, 7) is 1.83. The van der Waals surface area contributed by atoms with Crippen molar-refractivity contribution in [2.75, 3.05) is 44.5 Å². The fraction of sp³-hybridized carbons (Fsp3) is 0.667. The molecule has 0 spiro atoms. The van der Waals surface area contributed by atoms with Gasteiger partial charge in [-0.1, -0.05) is 11.6 Å². The Bertz CT molecular complexity index is 519. The second kappa shape index (κ2) is 8.39. The van der Waals surface area contributed by atoms with Crippen molar-refractivity contribution in [1.29, 1.82) is 0 Å². The normalized spacial score (nSPS) is 12.7. The average molecular weight is 321 g/mol. The van der Waals surface area contributed by atoms with Crippen LogP contribution in [-0.4, -0.2) is 58.1 Å². The van der Waals surface area contributed by atoms with Gasteiger partial charge in [-0.2, -0.15) is 5.10 Å². The van der Waals surface area contributed by atoms with E-state index >= 15 is 0 Å². The summed E-state index contributed by atoms with van der Waals surface area (Å²) in [4.78, 5) is 14.0. The van der Waals surface area contributed by atoms with E-state index in [1.54, 1.807) is 12.5 Å². The molecule has 0 aliphatic heterocycles. The Morgan fingerprint density at radius 3 is 2.80 bits per heavy atom. The van der Waals surface area contributed by atoms with Gasteiger partial charge in [0.15, 0.2) is 0 Å². The molecular formula is C12H21ClN4O2S. The molecule has 1 aromatic heterocycles. The van der Waals surface area contributed by atoms with Gasteiger partial charge in [-0.25, -0.2) is 4.68 Å². The lowest BCUT2D eigenvalue weighted by Gasteiger charge is -2.12. The molecule has 0 amide bonds. The molecule has 6 nitrogen and oxygen atoms in total. The first kappa shape index (κ1) is 17.1. The van der Waals surface area contributed by atoms with E-state index in [0.717, 1.165) is 13.0 Å². The first-order chi connectivity index (χ1) is 9.41. The molecule has 0 aliphatic carbocycles. The summed E-state index contributed by atoms with van der Waals surface area (Å²) in [7, 11) is 3.06. The average Bonchev–Trinajstić information content (AvgIpc) is 2.37. The number of aromatic nitrogens is 2. The molecule has 1 heterocycles. The minimum Gasteiger partial charge on any atom is -0.382 e. The van der Waals surface area contributed by atoms with Gasteiger partial charge < -0.3 is 10.2 Å². The van der Waals surface area contributed by atoms with Gasteiger partial charge in [-0.15, -0.1) is 0 Å². The first-order valence-corrected chi connectivity index (χ1v) is 8.46. The van der Waals surface area contributed by atoms with Crippen molar-refractivity contribution in [3.8, 4) is 0 Å². The lowest BCUT2D eigenvalue weighted by Crippen LogP contribution is -2.29. The van der Waals surface area contributed by atoms with Crippen LogP contribution in [0, 0.1) is 0 Å². The highest BCUT2D eigenvalue weighted by Gasteiger charge is 2.09. The number of halogens is 1. The van der Waals surface area contributed by atoms with Crippen LogP contribution in [0.2, 0.25) is 5.02 Å². The lowest BCUT2D eigenvalue weighted by atomic mass is 10.4. The summed E-state index contributed by atoms with van der Waals surface area (Å²) in [6, 6.07) is 0. The molecule has 20 heavy (non-hydrogen) atoms. The minimum absolute atomic E-state index is 0.149. The van der Waals surface area contributed by atoms with E-state index in [1.807, 2.05) is 19.0 Å². The van der Waals surface area contributed by atoms with Crippen LogP contribution < -0.4 is 10.9 Å². The fourth-order valence-corrected chi connectivity index (χ4v) is 2.30. The number of nitrogens with one attached hydrogen (secondary N) is 1. The first-order valence-electron chi connectivity index (χ1n) is 6.36. The van der Waals surface area contributed by atoms with E-state index in [9.17, 15) is 9.00 Å². The number of likely N-dealkylation sites (N-methyl/N-ethyl adjacent to an activating group) is 1. The summed E-state index contributed by atoms with van der Waals surface area (Å²) >= 11 is 6.05. The summed E-state index contributed by atoms with van der Waals surface area (Å²) in [5.41, 5.74) is 0.234. The summed E-state index contributed by atoms with van der Waals surface area (Å²) in [5.74, 6) is 0.623. The van der Waals surface area contributed by atoms with E-state index in [1.165, 1.54) is 4.68 Å². The van der Waals surface area contributed by atoms with Crippen molar-refractivity contribution in [1.82, 2.24) is 14.7 Å². The van der Waals surface area contributed by atoms with Crippen LogP contribution in [0.15, 0.2) is 11.0 Å². The molecule has 0 aromatic carbocycles. The Labute approximate surface area is 126 Å². The van der Waals surface area contributed by atoms with Crippen LogP contribution in [0.3, 0.4) is 0 Å². The lowest BCUT2D eigenvalue weighted by molar-refractivity contribution is 0.367. The van der Waals surface area contributed by atoms with Gasteiger partial charge in [0, 0.05) is 35.9 Å². The SMILES string of the molecule is CN(C)CCn1ncc(NCCCS(C)=O)c(Cl)c1=O. The van der Waals surface area contributed by atoms with Crippen LogP contribution in [0.5, 0.6) is 0 Å². The standard InChI is InChI=1S/C12H21ClN4O2S/c1-16(2)6-7-17-12(18)11(13)10(9-15-17)14-5-4-8-20(3)19/h9,14H,4-8H2,1-3H3. The van der Waals surface area contributed by atoms with Gasteiger partial charge in [0.25, 0.3) is 5.56 Å². The van der Waals surface area contributed by atoms with Gasteiger partial charge in [0.05, 0.1) is 18.4 Å². The van der Waals surface area contributed by atoms with Crippen LogP contribution in [-0.2, 0) is 17.3 Å². The molecule has 1 atom stereocenters. The van der Waals surface area contributed by atoms with Gasteiger partial charge in [0.2, 0.25) is 0 Å². The summed E-state index contributed by atoms with van der Waals surface area (Å²) in [6.07, 6.45) is 3.98. The molecule has 0 fully saturated rings. The van der Waals surface area contributed by atoms with Crippen molar-refractivity contribution in [3.63, 3.8) is 0 Å². The predicted octanol–water partition coefficient (Wildman–Crippen LogP) is 0.639. The maximum Gasteiger partial charge on any atom is 0.287 e. The zero-order chi connectivity index (χ0) is 15.1. The van der Waals surface area contributed by atoms with E-state index in [0.29, 0.717) is 24.5 Å². The second-order valence-corrected chi connectivity index (χ2v) is 6.69. The summed E-state index contributed by atoms with van der Waals surface area (Å²) < 4.78 is 12.3. The topological polar surface area (TPSA) is 67.2 Å². The number of hydrogen-bond acceptors (Lipinski definition) is 5. The van der Waals surface area contributed by atoms with Gasteiger partial charge >= 0.3 is 0 Å². The van der Waals surface area contributed by atoms with E-state index < -0.39 is 10.8 Å². The number of hydrogen-bond donors (Lipinski definition) is 1. The molecule has 0 saturated carbocycles. The van der Waals surface area contributed by atoms with Crippen molar-refractivity contribution in [2.24, 2.45) is 0 Å². The maximum absolute atomic E-state index is 12.0. The molecule has 0 saturated heterocycles. The van der Waals surface area contributed by atoms with Crippen LogP contribution in [0.4, 0.5) is 5.69 Å². The molecular weight excluding hydrogens is 300 g/mol. The molecule has 0 bridgehead atoms. The summed E-state index contributed by atoms with van der Waals surface area (Å²) in [5, 5.41) is 7.29. The fourth-order valence-electron chi connectivity index (χ4n) is 1.54. The monoisotopic (exact) mass is 320 g/mol. The number of rotatable bonds is 8. The van der Waals surface area contributed by atoms with E-state index in [-0.39, 0.29) is 10.6 Å². The van der Waals surface area contributed by atoms with Crippen molar-refractivity contribution in [3.05, 3.63) is 21.6 Å². The third kappa shape index (κ3) is 5.60. The zero-order valence-electron chi connectivity index (χ0n) is 12.1. The predicted molar refractivity (Wildman–Crippen MR) is 84.1 cm³/mol. The highest BCUT2D eigenvalue weighted by atomic mass is 35.5. The highest BCUT2D eigenvalue weighted by molar-refractivity contribution is 7.84. The molecule has 0 aliphatic rings. The van der Waals surface area contributed by atoms with Gasteiger partial charge in [0.1, 0.15) is 5.02 Å². The van der Waals surface area contributed by atoms with Crippen molar-refractivity contribution < 1.29 is 4.21 Å². The Hall–Kier alpha value is -0.920.